The third-order valence-electron chi connectivity index (χ3n) is 1.41. The SMILES string of the molecule is COCCC(C)/C(N)=N/N. The van der Waals surface area contributed by atoms with E-state index >= 15 is 0 Å². The van der Waals surface area contributed by atoms with Gasteiger partial charge in [0.1, 0.15) is 5.84 Å². The minimum atomic E-state index is 0.213. The highest BCUT2D eigenvalue weighted by molar-refractivity contribution is 5.82. The molecule has 60 valence electrons. The number of nitrogens with two attached hydrogens (primary N) is 2. The zero-order valence-corrected chi connectivity index (χ0v) is 6.50. The monoisotopic (exact) mass is 145 g/mol. The second kappa shape index (κ2) is 5.05. The Bertz CT molecular complexity index is 114. The van der Waals surface area contributed by atoms with Gasteiger partial charge in [0.2, 0.25) is 0 Å². The van der Waals surface area contributed by atoms with Crippen LogP contribution in [0.1, 0.15) is 13.3 Å². The summed E-state index contributed by atoms with van der Waals surface area (Å²) in [6.45, 7) is 2.65. The maximum absolute atomic E-state index is 5.43. The maximum atomic E-state index is 5.43. The molecule has 0 radical (unpaired) electrons. The van der Waals surface area contributed by atoms with Gasteiger partial charge in [-0.1, -0.05) is 6.92 Å². The van der Waals surface area contributed by atoms with Crippen LogP contribution in [0.3, 0.4) is 0 Å². The summed E-state index contributed by atoms with van der Waals surface area (Å²) in [5.41, 5.74) is 5.43. The van der Waals surface area contributed by atoms with E-state index in [4.69, 9.17) is 16.3 Å². The number of amidine groups is 1. The van der Waals surface area contributed by atoms with Crippen LogP contribution in [0.5, 0.6) is 0 Å². The molecule has 0 aromatic carbocycles. The molecular weight excluding hydrogens is 130 g/mol. The van der Waals surface area contributed by atoms with Crippen molar-refractivity contribution in [1.29, 1.82) is 0 Å². The van der Waals surface area contributed by atoms with Crippen LogP contribution in [-0.2, 0) is 4.74 Å². The van der Waals surface area contributed by atoms with Crippen molar-refractivity contribution in [2.75, 3.05) is 13.7 Å². The normalized spacial score (nSPS) is 15.2. The Balaban J connectivity index is 3.51. The molecule has 0 aliphatic heterocycles. The van der Waals surface area contributed by atoms with Crippen LogP contribution in [0, 0.1) is 5.92 Å². The van der Waals surface area contributed by atoms with E-state index in [1.807, 2.05) is 6.92 Å². The number of rotatable bonds is 4. The largest absolute Gasteiger partial charge is 0.386 e. The smallest absolute Gasteiger partial charge is 0.122 e. The molecular formula is C6H15N3O. The van der Waals surface area contributed by atoms with E-state index in [2.05, 4.69) is 5.10 Å². The van der Waals surface area contributed by atoms with Gasteiger partial charge in [0.05, 0.1) is 0 Å². The molecule has 0 fully saturated rings. The first-order chi connectivity index (χ1) is 4.72. The van der Waals surface area contributed by atoms with E-state index in [-0.39, 0.29) is 5.92 Å². The van der Waals surface area contributed by atoms with Crippen LogP contribution in [0.4, 0.5) is 0 Å². The first kappa shape index (κ1) is 9.23. The fraction of sp³-hybridized carbons (Fsp3) is 0.833. The van der Waals surface area contributed by atoms with Gasteiger partial charge in [-0.3, -0.25) is 0 Å². The van der Waals surface area contributed by atoms with Crippen LogP contribution in [-0.4, -0.2) is 19.6 Å². The van der Waals surface area contributed by atoms with E-state index in [1.54, 1.807) is 7.11 Å². The summed E-state index contributed by atoms with van der Waals surface area (Å²) in [6, 6.07) is 0. The van der Waals surface area contributed by atoms with E-state index in [0.29, 0.717) is 12.4 Å². The molecule has 0 aromatic heterocycles. The van der Waals surface area contributed by atoms with Gasteiger partial charge in [-0.2, -0.15) is 5.10 Å². The van der Waals surface area contributed by atoms with Crippen molar-refractivity contribution in [2.45, 2.75) is 13.3 Å². The highest BCUT2D eigenvalue weighted by atomic mass is 16.5. The van der Waals surface area contributed by atoms with Gasteiger partial charge in [-0.25, -0.2) is 0 Å². The Morgan fingerprint density at radius 3 is 2.70 bits per heavy atom. The lowest BCUT2D eigenvalue weighted by Crippen LogP contribution is -2.23. The third kappa shape index (κ3) is 3.29. The number of ether oxygens (including phenoxy) is 1. The molecule has 0 spiro atoms. The average Bonchev–Trinajstić information content (AvgIpc) is 1.98. The predicted octanol–water partition coefficient (Wildman–Crippen LogP) is -0.110. The van der Waals surface area contributed by atoms with Crippen molar-refractivity contribution < 1.29 is 4.74 Å². The highest BCUT2D eigenvalue weighted by Gasteiger charge is 2.04. The molecule has 10 heavy (non-hydrogen) atoms. The summed E-state index contributed by atoms with van der Waals surface area (Å²) in [4.78, 5) is 0. The molecule has 0 rings (SSSR count). The van der Waals surface area contributed by atoms with Gasteiger partial charge in [0.25, 0.3) is 0 Å². The van der Waals surface area contributed by atoms with E-state index in [9.17, 15) is 0 Å². The molecule has 0 amide bonds. The molecule has 0 aliphatic carbocycles. The number of hydrazone groups is 1. The number of hydrogen-bond donors (Lipinski definition) is 2. The van der Waals surface area contributed by atoms with Gasteiger partial charge in [0.15, 0.2) is 0 Å². The Morgan fingerprint density at radius 1 is 1.70 bits per heavy atom. The molecule has 4 heteroatoms. The van der Waals surface area contributed by atoms with Crippen molar-refractivity contribution in [3.63, 3.8) is 0 Å². The molecule has 0 saturated heterocycles. The average molecular weight is 145 g/mol. The second-order valence-corrected chi connectivity index (χ2v) is 2.24. The molecule has 0 aromatic rings. The zero-order valence-electron chi connectivity index (χ0n) is 6.50. The van der Waals surface area contributed by atoms with Crippen LogP contribution in [0.25, 0.3) is 0 Å². The summed E-state index contributed by atoms with van der Waals surface area (Å²) in [5.74, 6) is 5.66. The minimum Gasteiger partial charge on any atom is -0.386 e. The van der Waals surface area contributed by atoms with E-state index in [0.717, 1.165) is 6.42 Å². The van der Waals surface area contributed by atoms with Crippen LogP contribution >= 0.6 is 0 Å². The van der Waals surface area contributed by atoms with Gasteiger partial charge in [-0.05, 0) is 6.42 Å². The number of methoxy groups -OCH3 is 1. The topological polar surface area (TPSA) is 73.6 Å². The van der Waals surface area contributed by atoms with Gasteiger partial charge >= 0.3 is 0 Å². The van der Waals surface area contributed by atoms with Crippen molar-refractivity contribution in [1.82, 2.24) is 0 Å². The Kier molecular flexibility index (Phi) is 4.66. The van der Waals surface area contributed by atoms with Crippen molar-refractivity contribution >= 4 is 5.84 Å². The van der Waals surface area contributed by atoms with Gasteiger partial charge in [0, 0.05) is 19.6 Å². The fourth-order valence-corrected chi connectivity index (χ4v) is 0.570. The van der Waals surface area contributed by atoms with Crippen molar-refractivity contribution in [3.05, 3.63) is 0 Å². The summed E-state index contributed by atoms with van der Waals surface area (Å²) in [7, 11) is 1.66. The lowest BCUT2D eigenvalue weighted by Gasteiger charge is -2.07. The molecule has 1 atom stereocenters. The fourth-order valence-electron chi connectivity index (χ4n) is 0.570. The van der Waals surface area contributed by atoms with Gasteiger partial charge in [-0.15, -0.1) is 0 Å². The van der Waals surface area contributed by atoms with Crippen molar-refractivity contribution in [3.8, 4) is 0 Å². The van der Waals surface area contributed by atoms with Crippen LogP contribution in [0.15, 0.2) is 5.10 Å². The summed E-state index contributed by atoms with van der Waals surface area (Å²) in [5, 5.41) is 3.38. The summed E-state index contributed by atoms with van der Waals surface area (Å²) < 4.78 is 4.86. The lowest BCUT2D eigenvalue weighted by molar-refractivity contribution is 0.188. The maximum Gasteiger partial charge on any atom is 0.122 e. The standard InChI is InChI=1S/C6H15N3O/c1-5(3-4-10-2)6(7)9-8/h5H,3-4,8H2,1-2H3,(H2,7,9). The molecule has 0 saturated carbocycles. The van der Waals surface area contributed by atoms with Gasteiger partial charge < -0.3 is 16.3 Å². The molecule has 0 aliphatic rings. The Hall–Kier alpha value is -0.770. The summed E-state index contributed by atoms with van der Waals surface area (Å²) in [6.07, 6.45) is 0.864. The van der Waals surface area contributed by atoms with Crippen molar-refractivity contribution in [2.24, 2.45) is 22.6 Å². The lowest BCUT2D eigenvalue weighted by atomic mass is 10.1. The van der Waals surface area contributed by atoms with E-state index < -0.39 is 0 Å². The highest BCUT2D eigenvalue weighted by Crippen LogP contribution is 2.00. The second-order valence-electron chi connectivity index (χ2n) is 2.24. The number of nitrogens with zero attached hydrogens (tertiary/aromatic N) is 1. The molecule has 0 bridgehead atoms. The van der Waals surface area contributed by atoms with E-state index in [1.165, 1.54) is 0 Å². The molecule has 1 unspecified atom stereocenters. The molecule has 4 nitrogen and oxygen atoms in total. The quantitative estimate of drug-likeness (QED) is 0.251. The Labute approximate surface area is 61.2 Å². The van der Waals surface area contributed by atoms with Crippen LogP contribution in [0.2, 0.25) is 0 Å². The number of hydrogen-bond acceptors (Lipinski definition) is 3. The predicted molar refractivity (Wildman–Crippen MR) is 41.5 cm³/mol. The first-order valence-corrected chi connectivity index (χ1v) is 3.24. The van der Waals surface area contributed by atoms with Crippen LogP contribution < -0.4 is 11.6 Å². The Morgan fingerprint density at radius 2 is 2.30 bits per heavy atom. The molecule has 0 heterocycles. The third-order valence-corrected chi connectivity index (χ3v) is 1.41. The molecule has 4 N–H and O–H groups in total. The zero-order chi connectivity index (χ0) is 7.98. The minimum absolute atomic E-state index is 0.213. The first-order valence-electron chi connectivity index (χ1n) is 3.24. The summed E-state index contributed by atoms with van der Waals surface area (Å²) >= 11 is 0.